The van der Waals surface area contributed by atoms with E-state index < -0.39 is 0 Å². The van der Waals surface area contributed by atoms with E-state index in [2.05, 4.69) is 22.0 Å². The molecule has 138 valence electrons. The predicted molar refractivity (Wildman–Crippen MR) is 102 cm³/mol. The summed E-state index contributed by atoms with van der Waals surface area (Å²) in [5, 5.41) is 3.02. The van der Waals surface area contributed by atoms with E-state index >= 15 is 0 Å². The maximum Gasteiger partial charge on any atom is 0.257 e. The first kappa shape index (κ1) is 18.4. The van der Waals surface area contributed by atoms with Crippen LogP contribution in [0.3, 0.4) is 0 Å². The Labute approximate surface area is 154 Å². The van der Waals surface area contributed by atoms with E-state index in [1.165, 1.54) is 43.9 Å². The predicted octanol–water partition coefficient (Wildman–Crippen LogP) is 2.41. The number of hydrogen-bond acceptors (Lipinski definition) is 5. The third kappa shape index (κ3) is 5.28. The molecule has 1 aromatic rings. The average molecular weight is 365 g/mol. The topological polar surface area (TPSA) is 50.8 Å². The summed E-state index contributed by atoms with van der Waals surface area (Å²) < 4.78 is 10.8. The second-order valence-electron chi connectivity index (χ2n) is 6.74. The van der Waals surface area contributed by atoms with Crippen LogP contribution in [0.25, 0.3) is 0 Å². The van der Waals surface area contributed by atoms with E-state index in [1.54, 1.807) is 7.11 Å². The van der Waals surface area contributed by atoms with E-state index in [9.17, 15) is 4.79 Å². The Balaban J connectivity index is 1.34. The zero-order valence-electron chi connectivity index (χ0n) is 14.9. The number of nitrogens with one attached hydrogen (secondary N) is 1. The Kier molecular flexibility index (Phi) is 6.87. The molecular weight excluding hydrogens is 336 g/mol. The Hall–Kier alpha value is -1.40. The molecule has 6 heteroatoms. The van der Waals surface area contributed by atoms with Crippen molar-refractivity contribution in [1.29, 1.82) is 0 Å². The number of likely N-dealkylation sites (tertiary alicyclic amines) is 1. The van der Waals surface area contributed by atoms with Crippen LogP contribution in [-0.2, 0) is 4.79 Å². The molecule has 2 heterocycles. The van der Waals surface area contributed by atoms with Crippen LogP contribution in [-0.4, -0.2) is 61.7 Å². The molecule has 0 unspecified atom stereocenters. The minimum absolute atomic E-state index is 0.0263. The molecule has 2 fully saturated rings. The van der Waals surface area contributed by atoms with Gasteiger partial charge in [-0.05, 0) is 56.2 Å². The molecule has 2 aliphatic heterocycles. The van der Waals surface area contributed by atoms with Gasteiger partial charge in [-0.3, -0.25) is 9.69 Å². The SMILES string of the molecule is COc1ccccc1OCC(=O)NCC1CCN([C@@H]2CCSC2)CC1. The van der Waals surface area contributed by atoms with E-state index in [4.69, 9.17) is 9.47 Å². The summed E-state index contributed by atoms with van der Waals surface area (Å²) in [5.41, 5.74) is 0. The summed E-state index contributed by atoms with van der Waals surface area (Å²) in [4.78, 5) is 14.7. The van der Waals surface area contributed by atoms with Gasteiger partial charge in [-0.15, -0.1) is 0 Å². The van der Waals surface area contributed by atoms with E-state index in [1.807, 2.05) is 24.3 Å². The first-order valence-corrected chi connectivity index (χ1v) is 10.3. The lowest BCUT2D eigenvalue weighted by Gasteiger charge is -2.35. The first-order chi connectivity index (χ1) is 12.3. The highest BCUT2D eigenvalue weighted by molar-refractivity contribution is 7.99. The van der Waals surface area contributed by atoms with Gasteiger partial charge in [0.1, 0.15) is 0 Å². The third-order valence-corrected chi connectivity index (χ3v) is 6.23. The fourth-order valence-electron chi connectivity index (χ4n) is 3.52. The largest absolute Gasteiger partial charge is 0.493 e. The highest BCUT2D eigenvalue weighted by atomic mass is 32.2. The van der Waals surface area contributed by atoms with Crippen LogP contribution >= 0.6 is 11.8 Å². The highest BCUT2D eigenvalue weighted by Gasteiger charge is 2.27. The maximum atomic E-state index is 12.0. The molecule has 1 aromatic carbocycles. The van der Waals surface area contributed by atoms with Gasteiger partial charge in [-0.25, -0.2) is 0 Å². The average Bonchev–Trinajstić information content (AvgIpc) is 3.20. The van der Waals surface area contributed by atoms with Gasteiger partial charge >= 0.3 is 0 Å². The van der Waals surface area contributed by atoms with Crippen LogP contribution < -0.4 is 14.8 Å². The fourth-order valence-corrected chi connectivity index (χ4v) is 4.78. The number of benzene rings is 1. The van der Waals surface area contributed by atoms with Gasteiger partial charge in [0.2, 0.25) is 0 Å². The summed E-state index contributed by atoms with van der Waals surface area (Å²) >= 11 is 2.08. The molecule has 0 spiro atoms. The van der Waals surface area contributed by atoms with E-state index in [0.29, 0.717) is 17.4 Å². The Bertz CT molecular complexity index is 555. The molecule has 3 rings (SSSR count). The van der Waals surface area contributed by atoms with Gasteiger partial charge < -0.3 is 14.8 Å². The number of nitrogens with zero attached hydrogens (tertiary/aromatic N) is 1. The quantitative estimate of drug-likeness (QED) is 0.805. The second-order valence-corrected chi connectivity index (χ2v) is 7.89. The lowest BCUT2D eigenvalue weighted by atomic mass is 9.95. The Morgan fingerprint density at radius 3 is 2.68 bits per heavy atom. The number of ether oxygens (including phenoxy) is 2. The second kappa shape index (κ2) is 9.34. The summed E-state index contributed by atoms with van der Waals surface area (Å²) in [7, 11) is 1.60. The van der Waals surface area contributed by atoms with Crippen LogP contribution in [0.4, 0.5) is 0 Å². The summed E-state index contributed by atoms with van der Waals surface area (Å²) in [5.74, 6) is 4.37. The van der Waals surface area contributed by atoms with E-state index in [-0.39, 0.29) is 12.5 Å². The number of rotatable bonds is 7. The number of para-hydroxylation sites is 2. The first-order valence-electron chi connectivity index (χ1n) is 9.10. The molecule has 0 aromatic heterocycles. The number of hydrogen-bond donors (Lipinski definition) is 1. The zero-order chi connectivity index (χ0) is 17.5. The van der Waals surface area contributed by atoms with Crippen molar-refractivity contribution in [2.24, 2.45) is 5.92 Å². The molecular formula is C19H28N2O3S. The Morgan fingerprint density at radius 1 is 1.24 bits per heavy atom. The summed E-state index contributed by atoms with van der Waals surface area (Å²) in [6.07, 6.45) is 3.69. The smallest absolute Gasteiger partial charge is 0.257 e. The van der Waals surface area contributed by atoms with Gasteiger partial charge in [0.25, 0.3) is 5.91 Å². The zero-order valence-corrected chi connectivity index (χ0v) is 15.7. The normalized spacial score (nSPS) is 21.9. The molecule has 25 heavy (non-hydrogen) atoms. The van der Waals surface area contributed by atoms with Gasteiger partial charge in [-0.1, -0.05) is 12.1 Å². The van der Waals surface area contributed by atoms with Crippen molar-refractivity contribution in [2.75, 3.05) is 44.9 Å². The van der Waals surface area contributed by atoms with E-state index in [0.717, 1.165) is 12.6 Å². The molecule has 0 aliphatic carbocycles. The Morgan fingerprint density at radius 2 is 2.00 bits per heavy atom. The number of carbonyl (C=O) groups is 1. The molecule has 0 bridgehead atoms. The van der Waals surface area contributed by atoms with Gasteiger partial charge in [0.05, 0.1) is 7.11 Å². The van der Waals surface area contributed by atoms with Crippen molar-refractivity contribution < 1.29 is 14.3 Å². The van der Waals surface area contributed by atoms with Crippen molar-refractivity contribution in [2.45, 2.75) is 25.3 Å². The summed E-state index contributed by atoms with van der Waals surface area (Å²) in [6.45, 7) is 3.12. The number of piperidine rings is 1. The minimum atomic E-state index is -0.0690. The van der Waals surface area contributed by atoms with Crippen molar-refractivity contribution >= 4 is 17.7 Å². The molecule has 1 amide bonds. The van der Waals surface area contributed by atoms with Crippen LogP contribution in [0.1, 0.15) is 19.3 Å². The lowest BCUT2D eigenvalue weighted by molar-refractivity contribution is -0.123. The minimum Gasteiger partial charge on any atom is -0.493 e. The molecule has 0 saturated carbocycles. The molecule has 1 N–H and O–H groups in total. The van der Waals surface area contributed by atoms with Crippen molar-refractivity contribution in [3.63, 3.8) is 0 Å². The van der Waals surface area contributed by atoms with Crippen molar-refractivity contribution in [1.82, 2.24) is 10.2 Å². The molecule has 2 aliphatic rings. The monoisotopic (exact) mass is 364 g/mol. The van der Waals surface area contributed by atoms with Gasteiger partial charge in [0, 0.05) is 18.3 Å². The maximum absolute atomic E-state index is 12.0. The summed E-state index contributed by atoms with van der Waals surface area (Å²) in [6, 6.07) is 8.16. The van der Waals surface area contributed by atoms with Crippen LogP contribution in [0, 0.1) is 5.92 Å². The fraction of sp³-hybridized carbons (Fsp3) is 0.632. The molecule has 5 nitrogen and oxygen atoms in total. The van der Waals surface area contributed by atoms with Crippen LogP contribution in [0.2, 0.25) is 0 Å². The van der Waals surface area contributed by atoms with Gasteiger partial charge in [-0.2, -0.15) is 11.8 Å². The standard InChI is InChI=1S/C19H28N2O3S/c1-23-17-4-2-3-5-18(17)24-13-19(22)20-12-15-6-9-21(10-7-15)16-8-11-25-14-16/h2-5,15-16H,6-14H2,1H3,(H,20,22)/t16-/m1/s1. The molecule has 0 radical (unpaired) electrons. The highest BCUT2D eigenvalue weighted by Crippen LogP contribution is 2.27. The number of carbonyl (C=O) groups excluding carboxylic acids is 1. The van der Waals surface area contributed by atoms with Crippen molar-refractivity contribution in [3.8, 4) is 11.5 Å². The van der Waals surface area contributed by atoms with Crippen LogP contribution in [0.15, 0.2) is 24.3 Å². The van der Waals surface area contributed by atoms with Crippen LogP contribution in [0.5, 0.6) is 11.5 Å². The number of amides is 1. The number of methoxy groups -OCH3 is 1. The molecule has 1 atom stereocenters. The van der Waals surface area contributed by atoms with Gasteiger partial charge in [0.15, 0.2) is 18.1 Å². The number of thioether (sulfide) groups is 1. The van der Waals surface area contributed by atoms with Crippen molar-refractivity contribution in [3.05, 3.63) is 24.3 Å². The third-order valence-electron chi connectivity index (χ3n) is 5.09. The lowest BCUT2D eigenvalue weighted by Crippen LogP contribution is -2.44. The molecule has 2 saturated heterocycles.